The van der Waals surface area contributed by atoms with Crippen molar-refractivity contribution in [2.75, 3.05) is 0 Å². The maximum absolute atomic E-state index is 12.6. The number of carbonyl (C=O) groups is 2. The summed E-state index contributed by atoms with van der Waals surface area (Å²) in [6.45, 7) is 3.54. The molecular formula is C17H22N2O5. The molecule has 0 unspecified atom stereocenters. The van der Waals surface area contributed by atoms with Gasteiger partial charge in [-0.2, -0.15) is 0 Å². The zero-order chi connectivity index (χ0) is 17.9. The molecule has 1 aromatic carbocycles. The van der Waals surface area contributed by atoms with E-state index in [1.165, 1.54) is 12.1 Å². The van der Waals surface area contributed by atoms with Gasteiger partial charge in [0.25, 0.3) is 5.69 Å². The molecule has 0 saturated heterocycles. The summed E-state index contributed by atoms with van der Waals surface area (Å²) in [7, 11) is 0. The molecule has 0 atom stereocenters. The van der Waals surface area contributed by atoms with Crippen molar-refractivity contribution in [2.24, 2.45) is 5.92 Å². The first-order valence-electron chi connectivity index (χ1n) is 8.00. The third-order valence-electron chi connectivity index (χ3n) is 4.78. The maximum Gasteiger partial charge on any atom is 0.306 e. The number of nitrogens with one attached hydrogen (secondary N) is 1. The van der Waals surface area contributed by atoms with Crippen molar-refractivity contribution in [3.05, 3.63) is 39.9 Å². The van der Waals surface area contributed by atoms with Gasteiger partial charge in [-0.05, 0) is 45.1 Å². The fraction of sp³-hybridized carbons (Fsp3) is 0.529. The second kappa shape index (κ2) is 6.98. The van der Waals surface area contributed by atoms with Gasteiger partial charge in [0.1, 0.15) is 0 Å². The lowest BCUT2D eigenvalue weighted by Gasteiger charge is -2.31. The van der Waals surface area contributed by atoms with Crippen LogP contribution < -0.4 is 5.32 Å². The lowest BCUT2D eigenvalue weighted by atomic mass is 9.82. The van der Waals surface area contributed by atoms with Crippen molar-refractivity contribution in [1.29, 1.82) is 0 Å². The van der Waals surface area contributed by atoms with Gasteiger partial charge in [-0.25, -0.2) is 0 Å². The molecule has 0 heterocycles. The summed E-state index contributed by atoms with van der Waals surface area (Å²) < 4.78 is 0. The molecule has 1 aromatic rings. The van der Waals surface area contributed by atoms with E-state index in [0.717, 1.165) is 0 Å². The van der Waals surface area contributed by atoms with Crippen LogP contribution in [0.25, 0.3) is 0 Å². The highest BCUT2D eigenvalue weighted by Crippen LogP contribution is 2.28. The van der Waals surface area contributed by atoms with Gasteiger partial charge in [-0.15, -0.1) is 0 Å². The number of aliphatic carboxylic acids is 1. The fourth-order valence-corrected chi connectivity index (χ4v) is 2.98. The van der Waals surface area contributed by atoms with Crippen molar-refractivity contribution in [3.8, 4) is 0 Å². The molecule has 1 saturated carbocycles. The molecule has 1 amide bonds. The Hall–Kier alpha value is -2.44. The zero-order valence-corrected chi connectivity index (χ0v) is 13.8. The first-order chi connectivity index (χ1) is 11.2. The molecule has 0 aliphatic heterocycles. The van der Waals surface area contributed by atoms with E-state index in [-0.39, 0.29) is 23.6 Å². The highest BCUT2D eigenvalue weighted by atomic mass is 16.6. The minimum atomic E-state index is -0.821. The monoisotopic (exact) mass is 334 g/mol. The first kappa shape index (κ1) is 17.9. The number of amides is 1. The van der Waals surface area contributed by atoms with E-state index in [0.29, 0.717) is 31.2 Å². The molecule has 1 aliphatic carbocycles. The Morgan fingerprint density at radius 1 is 1.17 bits per heavy atom. The molecule has 2 rings (SSSR count). The van der Waals surface area contributed by atoms with Crippen molar-refractivity contribution < 1.29 is 19.6 Å². The molecule has 0 aromatic heterocycles. The average Bonchev–Trinajstić information content (AvgIpc) is 2.55. The number of non-ortho nitro benzene ring substituents is 1. The second-order valence-corrected chi connectivity index (χ2v) is 6.79. The number of nitro benzene ring substituents is 1. The van der Waals surface area contributed by atoms with Crippen LogP contribution in [-0.4, -0.2) is 27.9 Å². The Morgan fingerprint density at radius 3 is 2.17 bits per heavy atom. The number of nitro groups is 1. The number of carboxylic acid groups (broad SMARTS) is 1. The van der Waals surface area contributed by atoms with Crippen LogP contribution in [0.5, 0.6) is 0 Å². The molecule has 2 N–H and O–H groups in total. The van der Waals surface area contributed by atoms with Gasteiger partial charge < -0.3 is 10.4 Å². The van der Waals surface area contributed by atoms with Crippen LogP contribution in [0, 0.1) is 16.0 Å². The van der Waals surface area contributed by atoms with E-state index in [1.54, 1.807) is 26.0 Å². The molecule has 130 valence electrons. The molecule has 7 nitrogen and oxygen atoms in total. The Bertz CT molecular complexity index is 631. The summed E-state index contributed by atoms with van der Waals surface area (Å²) >= 11 is 0. The molecule has 1 fully saturated rings. The molecule has 7 heteroatoms. The largest absolute Gasteiger partial charge is 0.481 e. The maximum atomic E-state index is 12.6. The summed E-state index contributed by atoms with van der Waals surface area (Å²) in [4.78, 5) is 33.8. The van der Waals surface area contributed by atoms with Crippen molar-refractivity contribution in [3.63, 3.8) is 0 Å². The molecule has 0 radical (unpaired) electrons. The van der Waals surface area contributed by atoms with Crippen molar-refractivity contribution >= 4 is 17.6 Å². The number of carbonyl (C=O) groups excluding carboxylic acids is 1. The highest BCUT2D eigenvalue weighted by molar-refractivity contribution is 5.87. The highest BCUT2D eigenvalue weighted by Gasteiger charge is 2.33. The summed E-state index contributed by atoms with van der Waals surface area (Å²) in [6, 6.07) is 5.95. The number of rotatable bonds is 5. The normalized spacial score (nSPS) is 21.1. The molecule has 1 aliphatic rings. The van der Waals surface area contributed by atoms with Crippen LogP contribution in [0.4, 0.5) is 5.69 Å². The summed E-state index contributed by atoms with van der Waals surface area (Å²) in [5.74, 6) is -1.25. The number of hydrogen-bond donors (Lipinski definition) is 2. The predicted octanol–water partition coefficient (Wildman–Crippen LogP) is 2.63. The van der Waals surface area contributed by atoms with Crippen LogP contribution in [0.15, 0.2) is 24.3 Å². The van der Waals surface area contributed by atoms with Crippen molar-refractivity contribution in [2.45, 2.75) is 51.0 Å². The van der Waals surface area contributed by atoms with Gasteiger partial charge in [-0.3, -0.25) is 19.7 Å². The Labute approximate surface area is 140 Å². The quantitative estimate of drug-likeness (QED) is 0.635. The first-order valence-corrected chi connectivity index (χ1v) is 8.00. The molecule has 0 spiro atoms. The van der Waals surface area contributed by atoms with Gasteiger partial charge in [0.05, 0.1) is 16.3 Å². The van der Waals surface area contributed by atoms with E-state index in [9.17, 15) is 19.7 Å². The Balaban J connectivity index is 2.00. The summed E-state index contributed by atoms with van der Waals surface area (Å²) in [6.07, 6.45) is 2.44. The number of nitrogens with zero attached hydrogens (tertiary/aromatic N) is 1. The van der Waals surface area contributed by atoms with Crippen LogP contribution in [0.1, 0.15) is 45.1 Å². The van der Waals surface area contributed by atoms with Gasteiger partial charge in [0.2, 0.25) is 5.91 Å². The van der Waals surface area contributed by atoms with Gasteiger partial charge in [0, 0.05) is 18.2 Å². The van der Waals surface area contributed by atoms with Gasteiger partial charge in [0.15, 0.2) is 0 Å². The third-order valence-corrected chi connectivity index (χ3v) is 4.78. The molecular weight excluding hydrogens is 312 g/mol. The summed E-state index contributed by atoms with van der Waals surface area (Å²) in [5, 5.41) is 22.7. The SMILES string of the molecule is CC(C)(C(=O)NC1CCC(C(=O)O)CC1)c1ccc([N+](=O)[O-])cc1. The lowest BCUT2D eigenvalue weighted by molar-refractivity contribution is -0.384. The lowest BCUT2D eigenvalue weighted by Crippen LogP contribution is -2.46. The van der Waals surface area contributed by atoms with Crippen molar-refractivity contribution in [1.82, 2.24) is 5.32 Å². The van der Waals surface area contributed by atoms with Gasteiger partial charge >= 0.3 is 5.97 Å². The molecule has 0 bridgehead atoms. The van der Waals surface area contributed by atoms with E-state index in [2.05, 4.69) is 5.32 Å². The predicted molar refractivity (Wildman–Crippen MR) is 87.6 cm³/mol. The number of hydrogen-bond acceptors (Lipinski definition) is 4. The van der Waals surface area contributed by atoms with E-state index < -0.39 is 16.3 Å². The minimum absolute atomic E-state index is 0.0121. The summed E-state index contributed by atoms with van der Waals surface area (Å²) in [5.41, 5.74) is -0.134. The molecule has 24 heavy (non-hydrogen) atoms. The third kappa shape index (κ3) is 3.90. The fourth-order valence-electron chi connectivity index (χ4n) is 2.98. The average molecular weight is 334 g/mol. The van der Waals surface area contributed by atoms with Crippen LogP contribution in [0.3, 0.4) is 0 Å². The topological polar surface area (TPSA) is 110 Å². The Morgan fingerprint density at radius 2 is 1.71 bits per heavy atom. The minimum Gasteiger partial charge on any atom is -0.481 e. The van der Waals surface area contributed by atoms with E-state index in [1.807, 2.05) is 0 Å². The Kier molecular flexibility index (Phi) is 5.21. The van der Waals surface area contributed by atoms with Crippen LogP contribution >= 0.6 is 0 Å². The smallest absolute Gasteiger partial charge is 0.306 e. The second-order valence-electron chi connectivity index (χ2n) is 6.79. The van der Waals surface area contributed by atoms with E-state index in [4.69, 9.17) is 5.11 Å². The standard InChI is InChI=1S/C17H22N2O5/c1-17(2,12-5-9-14(10-6-12)19(23)24)16(22)18-13-7-3-11(4-8-13)15(20)21/h5-6,9-11,13H,3-4,7-8H2,1-2H3,(H,18,22)(H,20,21). The zero-order valence-electron chi connectivity index (χ0n) is 13.8. The number of carboxylic acids is 1. The van der Waals surface area contributed by atoms with Crippen LogP contribution in [-0.2, 0) is 15.0 Å². The van der Waals surface area contributed by atoms with E-state index >= 15 is 0 Å². The number of benzene rings is 1. The van der Waals surface area contributed by atoms with Gasteiger partial charge in [-0.1, -0.05) is 12.1 Å². The van der Waals surface area contributed by atoms with Crippen LogP contribution in [0.2, 0.25) is 0 Å².